The van der Waals surface area contributed by atoms with Crippen LogP contribution in [0.15, 0.2) is 83.1 Å². The Hall–Kier alpha value is -2.87. The van der Waals surface area contributed by atoms with Crippen LogP contribution in [-0.2, 0) is 21.4 Å². The Bertz CT molecular complexity index is 1340. The molecule has 0 aliphatic carbocycles. The fourth-order valence-corrected chi connectivity index (χ4v) is 7.16. The number of hydrogen-bond acceptors (Lipinski definition) is 6. The molecular formula is C31H38ClN3O4S2. The molecule has 1 aromatic heterocycles. The lowest BCUT2D eigenvalue weighted by Crippen LogP contribution is -2.48. The van der Waals surface area contributed by atoms with E-state index in [9.17, 15) is 13.2 Å². The molecule has 2 aromatic carbocycles. The first-order chi connectivity index (χ1) is 19.4. The monoisotopic (exact) mass is 615 g/mol. The van der Waals surface area contributed by atoms with Crippen molar-refractivity contribution in [3.63, 3.8) is 0 Å². The van der Waals surface area contributed by atoms with Gasteiger partial charge in [-0.05, 0) is 54.9 Å². The van der Waals surface area contributed by atoms with Gasteiger partial charge < -0.3 is 9.64 Å². The van der Waals surface area contributed by atoms with Gasteiger partial charge in [0.1, 0.15) is 6.61 Å². The molecule has 1 aliphatic rings. The highest BCUT2D eigenvalue weighted by Crippen LogP contribution is 2.28. The summed E-state index contributed by atoms with van der Waals surface area (Å²) in [6.45, 7) is 3.39. The second-order valence-corrected chi connectivity index (χ2v) is 13.1. The molecule has 0 radical (unpaired) electrons. The van der Waals surface area contributed by atoms with E-state index in [4.69, 9.17) is 11.2 Å². The average Bonchev–Trinajstić information content (AvgIpc) is 3.53. The van der Waals surface area contributed by atoms with E-state index in [1.165, 1.54) is 9.18 Å². The number of carbonyl (C=O) groups excluding carboxylic acids is 1. The third-order valence-electron chi connectivity index (χ3n) is 7.37. The molecule has 0 bridgehead atoms. The van der Waals surface area contributed by atoms with Gasteiger partial charge in [-0.25, -0.2) is 17.5 Å². The first kappa shape index (κ1) is 32.6. The van der Waals surface area contributed by atoms with Crippen LogP contribution in [0.2, 0.25) is 0 Å². The molecule has 4 rings (SSSR count). The van der Waals surface area contributed by atoms with Crippen LogP contribution in [0.4, 0.5) is 4.79 Å². The second kappa shape index (κ2) is 15.9. The number of nitrogens with zero attached hydrogens (tertiary/aromatic N) is 3. The summed E-state index contributed by atoms with van der Waals surface area (Å²) in [5.41, 5.74) is 0.939. The molecule has 7 nitrogen and oxygen atoms in total. The van der Waals surface area contributed by atoms with Gasteiger partial charge in [0.05, 0.1) is 11.4 Å². The number of amides is 1. The minimum Gasteiger partial charge on any atom is -0.445 e. The molecule has 1 saturated heterocycles. The van der Waals surface area contributed by atoms with E-state index in [1.54, 1.807) is 47.5 Å². The summed E-state index contributed by atoms with van der Waals surface area (Å²) in [7, 11) is -1.90. The summed E-state index contributed by atoms with van der Waals surface area (Å²) < 4.78 is 33.3. The molecule has 2 heterocycles. The van der Waals surface area contributed by atoms with Gasteiger partial charge in [0, 0.05) is 43.5 Å². The quantitative estimate of drug-likeness (QED) is 0.245. The SMILES string of the molecule is C#CCN(C(=O)OCc1ccccc1)C1CCN(CCC(CN(C)S(=O)(=O)c2ccccc2)c2cccs2)CC1.Cl. The molecule has 1 atom stereocenters. The van der Waals surface area contributed by atoms with E-state index in [1.807, 2.05) is 47.8 Å². The molecule has 0 spiro atoms. The van der Waals surface area contributed by atoms with Crippen molar-refractivity contribution in [3.8, 4) is 12.3 Å². The van der Waals surface area contributed by atoms with Crippen LogP contribution < -0.4 is 0 Å². The first-order valence-corrected chi connectivity index (χ1v) is 15.9. The van der Waals surface area contributed by atoms with E-state index in [2.05, 4.69) is 16.9 Å². The molecule has 3 aromatic rings. The van der Waals surface area contributed by atoms with Crippen molar-refractivity contribution in [1.82, 2.24) is 14.1 Å². The minimum atomic E-state index is -3.56. The summed E-state index contributed by atoms with van der Waals surface area (Å²) in [5.74, 6) is 2.70. The summed E-state index contributed by atoms with van der Waals surface area (Å²) in [5, 5.41) is 2.04. The first-order valence-electron chi connectivity index (χ1n) is 13.6. The summed E-state index contributed by atoms with van der Waals surface area (Å²) in [6, 6.07) is 22.3. The van der Waals surface area contributed by atoms with Crippen LogP contribution in [0.1, 0.15) is 35.6 Å². The van der Waals surface area contributed by atoms with Crippen molar-refractivity contribution < 1.29 is 17.9 Å². The van der Waals surface area contributed by atoms with Crippen molar-refractivity contribution >= 4 is 39.9 Å². The summed E-state index contributed by atoms with van der Waals surface area (Å²) in [4.78, 5) is 18.4. The maximum absolute atomic E-state index is 13.1. The van der Waals surface area contributed by atoms with E-state index >= 15 is 0 Å². The zero-order valence-corrected chi connectivity index (χ0v) is 25.8. The lowest BCUT2D eigenvalue weighted by molar-refractivity contribution is 0.0663. The fraction of sp³-hybridized carbons (Fsp3) is 0.387. The van der Waals surface area contributed by atoms with Crippen molar-refractivity contribution in [2.24, 2.45) is 0 Å². The van der Waals surface area contributed by atoms with E-state index in [-0.39, 0.29) is 43.6 Å². The van der Waals surface area contributed by atoms with Crippen LogP contribution in [-0.4, -0.2) is 74.4 Å². The maximum Gasteiger partial charge on any atom is 0.411 e. The topological polar surface area (TPSA) is 70.2 Å². The fourth-order valence-electron chi connectivity index (χ4n) is 5.06. The zero-order valence-electron chi connectivity index (χ0n) is 23.3. The number of thiophene rings is 1. The Kier molecular flexibility index (Phi) is 12.7. The average molecular weight is 616 g/mol. The van der Waals surface area contributed by atoms with Gasteiger partial charge >= 0.3 is 6.09 Å². The van der Waals surface area contributed by atoms with Gasteiger partial charge in [0.25, 0.3) is 0 Å². The number of carbonyl (C=O) groups is 1. The second-order valence-electron chi connectivity index (χ2n) is 10.0. The number of likely N-dealkylation sites (N-methyl/N-ethyl adjacent to an activating group) is 1. The Morgan fingerprint density at radius 3 is 2.34 bits per heavy atom. The van der Waals surface area contributed by atoms with Crippen LogP contribution in [0.3, 0.4) is 0 Å². The highest BCUT2D eigenvalue weighted by Gasteiger charge is 2.30. The smallest absolute Gasteiger partial charge is 0.411 e. The molecule has 1 fully saturated rings. The zero-order chi connectivity index (χ0) is 28.4. The van der Waals surface area contributed by atoms with Crippen molar-refractivity contribution in [3.05, 3.63) is 88.6 Å². The molecule has 1 amide bonds. The van der Waals surface area contributed by atoms with E-state index in [0.29, 0.717) is 11.4 Å². The summed E-state index contributed by atoms with van der Waals surface area (Å²) in [6.07, 6.45) is 7.68. The molecule has 10 heteroatoms. The summed E-state index contributed by atoms with van der Waals surface area (Å²) >= 11 is 1.67. The van der Waals surface area contributed by atoms with Gasteiger partial charge in [0.2, 0.25) is 10.0 Å². The van der Waals surface area contributed by atoms with Crippen LogP contribution in [0.5, 0.6) is 0 Å². The number of hydrogen-bond donors (Lipinski definition) is 0. The molecular weight excluding hydrogens is 578 g/mol. The van der Waals surface area contributed by atoms with Gasteiger partial charge in [-0.3, -0.25) is 4.90 Å². The number of ether oxygens (including phenoxy) is 1. The van der Waals surface area contributed by atoms with Gasteiger partial charge in [0.15, 0.2) is 0 Å². The van der Waals surface area contributed by atoms with Crippen molar-refractivity contribution in [2.45, 2.75) is 42.7 Å². The Morgan fingerprint density at radius 1 is 1.07 bits per heavy atom. The maximum atomic E-state index is 13.1. The number of piperidine rings is 1. The minimum absolute atomic E-state index is 0. The number of terminal acetylenes is 1. The molecule has 1 aliphatic heterocycles. The lowest BCUT2D eigenvalue weighted by atomic mass is 10.00. The Labute approximate surface area is 254 Å². The molecule has 220 valence electrons. The molecule has 41 heavy (non-hydrogen) atoms. The predicted octanol–water partition coefficient (Wildman–Crippen LogP) is 5.70. The van der Waals surface area contributed by atoms with Crippen LogP contribution in [0, 0.1) is 12.3 Å². The van der Waals surface area contributed by atoms with E-state index < -0.39 is 10.0 Å². The predicted molar refractivity (Wildman–Crippen MR) is 167 cm³/mol. The van der Waals surface area contributed by atoms with Gasteiger partial charge in [-0.2, -0.15) is 0 Å². The number of halogens is 1. The number of benzene rings is 2. The third-order valence-corrected chi connectivity index (χ3v) is 10.2. The number of likely N-dealkylation sites (tertiary alicyclic amines) is 1. The number of rotatable bonds is 12. The molecule has 0 N–H and O–H groups in total. The molecule has 0 saturated carbocycles. The van der Waals surface area contributed by atoms with Crippen LogP contribution in [0.25, 0.3) is 0 Å². The standard InChI is InChI=1S/C31H37N3O4S2.ClH/c1-3-19-34(31(35)38-25-26-11-6-4-7-12-26)28-17-21-33(22-18-28)20-16-27(30-15-10-23-39-30)24-32(2)40(36,37)29-13-8-5-9-14-29;/h1,4-15,23,27-28H,16-22,24-25H2,2H3;1H. The normalized spacial score (nSPS) is 15.0. The van der Waals surface area contributed by atoms with Crippen LogP contribution >= 0.6 is 23.7 Å². The highest BCUT2D eigenvalue weighted by molar-refractivity contribution is 7.89. The van der Waals surface area contributed by atoms with Crippen molar-refractivity contribution in [2.75, 3.05) is 39.8 Å². The third kappa shape index (κ3) is 9.06. The van der Waals surface area contributed by atoms with Gasteiger partial charge in [-0.1, -0.05) is 60.5 Å². The highest BCUT2D eigenvalue weighted by atomic mass is 35.5. The largest absolute Gasteiger partial charge is 0.445 e. The molecule has 1 unspecified atom stereocenters. The lowest BCUT2D eigenvalue weighted by Gasteiger charge is -2.37. The Balaban J connectivity index is 0.00000462. The van der Waals surface area contributed by atoms with Gasteiger partial charge in [-0.15, -0.1) is 30.2 Å². The van der Waals surface area contributed by atoms with E-state index in [0.717, 1.165) is 44.5 Å². The Morgan fingerprint density at radius 2 is 1.73 bits per heavy atom. The van der Waals surface area contributed by atoms with Crippen molar-refractivity contribution in [1.29, 1.82) is 0 Å². The number of sulfonamides is 1.